The highest BCUT2D eigenvalue weighted by Crippen LogP contribution is 2.26. The zero-order valence-corrected chi connectivity index (χ0v) is 6.60. The Hall–Kier alpha value is -0.970. The molecule has 0 aromatic carbocycles. The molecule has 1 aliphatic carbocycles. The van der Waals surface area contributed by atoms with Gasteiger partial charge in [0, 0.05) is 0 Å². The first kappa shape index (κ1) is 9.12. The van der Waals surface area contributed by atoms with Crippen molar-refractivity contribution in [1.82, 2.24) is 0 Å². The molecule has 0 saturated heterocycles. The Balaban J connectivity index is 2.58. The third kappa shape index (κ3) is 1.79. The van der Waals surface area contributed by atoms with Crippen molar-refractivity contribution in [2.75, 3.05) is 0 Å². The molecule has 3 atom stereocenters. The molecule has 0 amide bonds. The molecular formula is C7H12N2O3. The van der Waals surface area contributed by atoms with Gasteiger partial charge in [-0.25, -0.2) is 5.53 Å². The maximum Gasteiger partial charge on any atom is 0.309 e. The van der Waals surface area contributed by atoms with Crippen LogP contribution in [0.2, 0.25) is 0 Å². The maximum atomic E-state index is 10.6. The van der Waals surface area contributed by atoms with Crippen LogP contribution in [0.5, 0.6) is 0 Å². The van der Waals surface area contributed by atoms with Crippen LogP contribution < -0.4 is 0 Å². The minimum absolute atomic E-state index is 0.213. The molecule has 5 nitrogen and oxygen atoms in total. The Labute approximate surface area is 69.9 Å². The van der Waals surface area contributed by atoms with Gasteiger partial charge in [0.2, 0.25) is 0 Å². The van der Waals surface area contributed by atoms with Gasteiger partial charge in [-0.2, -0.15) is 5.11 Å². The summed E-state index contributed by atoms with van der Waals surface area (Å²) in [5, 5.41) is 21.2. The molecule has 12 heavy (non-hydrogen) atoms. The van der Waals surface area contributed by atoms with Crippen LogP contribution in [0.4, 0.5) is 0 Å². The largest absolute Gasteiger partial charge is 0.481 e. The van der Waals surface area contributed by atoms with Crippen LogP contribution >= 0.6 is 0 Å². The summed E-state index contributed by atoms with van der Waals surface area (Å²) < 4.78 is 0. The summed E-state index contributed by atoms with van der Waals surface area (Å²) in [7, 11) is 0. The predicted octanol–water partition coefficient (Wildman–Crippen LogP) is 0.632. The van der Waals surface area contributed by atoms with Crippen molar-refractivity contribution in [3.8, 4) is 0 Å². The van der Waals surface area contributed by atoms with Gasteiger partial charge in [0.15, 0.2) is 0 Å². The fourth-order valence-electron chi connectivity index (χ4n) is 1.52. The minimum atomic E-state index is -0.990. The van der Waals surface area contributed by atoms with E-state index in [1.807, 2.05) is 0 Å². The molecule has 0 aromatic heterocycles. The molecule has 0 radical (unpaired) electrons. The second kappa shape index (κ2) is 3.62. The first-order chi connectivity index (χ1) is 5.65. The van der Waals surface area contributed by atoms with Gasteiger partial charge in [-0.1, -0.05) is 0 Å². The third-order valence-electron chi connectivity index (χ3n) is 2.29. The van der Waals surface area contributed by atoms with E-state index < -0.39 is 18.0 Å². The van der Waals surface area contributed by atoms with Gasteiger partial charge in [-0.15, -0.1) is 0 Å². The molecule has 1 fully saturated rings. The molecule has 3 unspecified atom stereocenters. The number of nitrogens with one attached hydrogen (secondary N) is 1. The number of aliphatic hydroxyl groups excluding tert-OH is 1. The molecule has 1 rings (SSSR count). The second-order valence-corrected chi connectivity index (χ2v) is 3.11. The number of carboxylic acid groups (broad SMARTS) is 1. The molecular weight excluding hydrogens is 160 g/mol. The lowest BCUT2D eigenvalue weighted by atomic mass is 9.84. The first-order valence-corrected chi connectivity index (χ1v) is 3.92. The van der Waals surface area contributed by atoms with Gasteiger partial charge >= 0.3 is 5.97 Å². The summed E-state index contributed by atoms with van der Waals surface area (Å²) in [5.74, 6) is -1.73. The topological polar surface area (TPSA) is 93.7 Å². The Morgan fingerprint density at radius 3 is 2.67 bits per heavy atom. The van der Waals surface area contributed by atoms with Gasteiger partial charge < -0.3 is 10.2 Å². The van der Waals surface area contributed by atoms with Crippen LogP contribution in [-0.4, -0.2) is 28.3 Å². The molecule has 5 heteroatoms. The normalized spacial score (nSPS) is 35.9. The molecule has 68 valence electrons. The fraction of sp³-hybridized carbons (Fsp3) is 0.857. The number of nitrogens with zero attached hydrogens (tertiary/aromatic N) is 1. The van der Waals surface area contributed by atoms with Crippen molar-refractivity contribution >= 4 is 5.97 Å². The highest BCUT2D eigenvalue weighted by atomic mass is 16.4. The van der Waals surface area contributed by atoms with E-state index in [1.54, 1.807) is 0 Å². The number of aliphatic hydroxyl groups is 1. The van der Waals surface area contributed by atoms with Crippen LogP contribution in [0.3, 0.4) is 0 Å². The molecule has 0 aliphatic heterocycles. The van der Waals surface area contributed by atoms with E-state index in [0.717, 1.165) is 0 Å². The van der Waals surface area contributed by atoms with Crippen molar-refractivity contribution in [3.63, 3.8) is 0 Å². The summed E-state index contributed by atoms with van der Waals surface area (Å²) in [6, 6.07) is -0.213. The average molecular weight is 172 g/mol. The van der Waals surface area contributed by atoms with Crippen LogP contribution in [0.25, 0.3) is 0 Å². The second-order valence-electron chi connectivity index (χ2n) is 3.11. The summed E-state index contributed by atoms with van der Waals surface area (Å²) in [5.41, 5.74) is 6.74. The number of rotatable bonds is 2. The average Bonchev–Trinajstić information content (AvgIpc) is 2.05. The van der Waals surface area contributed by atoms with Crippen LogP contribution in [0, 0.1) is 11.4 Å². The lowest BCUT2D eigenvalue weighted by Crippen LogP contribution is -2.35. The van der Waals surface area contributed by atoms with Gasteiger partial charge in [-0.3, -0.25) is 4.79 Å². The van der Waals surface area contributed by atoms with E-state index in [1.165, 1.54) is 0 Å². The van der Waals surface area contributed by atoms with E-state index in [9.17, 15) is 9.90 Å². The van der Waals surface area contributed by atoms with Crippen molar-refractivity contribution in [1.29, 1.82) is 5.53 Å². The molecule has 0 spiro atoms. The van der Waals surface area contributed by atoms with Gasteiger partial charge in [-0.05, 0) is 19.3 Å². The van der Waals surface area contributed by atoms with E-state index in [4.69, 9.17) is 10.6 Å². The van der Waals surface area contributed by atoms with Gasteiger partial charge in [0.1, 0.15) is 0 Å². The fourth-order valence-corrected chi connectivity index (χ4v) is 1.52. The number of carboxylic acids is 1. The lowest BCUT2D eigenvalue weighted by Gasteiger charge is -2.27. The highest BCUT2D eigenvalue weighted by molar-refractivity contribution is 5.70. The quantitative estimate of drug-likeness (QED) is 0.533. The van der Waals surface area contributed by atoms with E-state index in [-0.39, 0.29) is 6.04 Å². The molecule has 0 bridgehead atoms. The summed E-state index contributed by atoms with van der Waals surface area (Å²) in [6.07, 6.45) is 0.582. The summed E-state index contributed by atoms with van der Waals surface area (Å²) in [4.78, 5) is 10.6. The lowest BCUT2D eigenvalue weighted by molar-refractivity contribution is -0.147. The monoisotopic (exact) mass is 172 g/mol. The van der Waals surface area contributed by atoms with Crippen LogP contribution in [0.15, 0.2) is 5.11 Å². The van der Waals surface area contributed by atoms with Crippen molar-refractivity contribution in [2.24, 2.45) is 11.0 Å². The standard InChI is InChI=1S/C7H12N2O3/c8-9-4-1-2-6(10)5(3-4)7(11)12/h4-6,8,10H,1-3H2,(H,11,12). The van der Waals surface area contributed by atoms with Gasteiger partial charge in [0.25, 0.3) is 0 Å². The van der Waals surface area contributed by atoms with Crippen molar-refractivity contribution in [2.45, 2.75) is 31.4 Å². The maximum absolute atomic E-state index is 10.6. The Kier molecular flexibility index (Phi) is 2.75. The van der Waals surface area contributed by atoms with E-state index in [2.05, 4.69) is 5.11 Å². The predicted molar refractivity (Wildman–Crippen MR) is 39.9 cm³/mol. The zero-order chi connectivity index (χ0) is 9.14. The Bertz CT molecular complexity index is 195. The van der Waals surface area contributed by atoms with E-state index >= 15 is 0 Å². The third-order valence-corrected chi connectivity index (χ3v) is 2.29. The number of hydrogen-bond donors (Lipinski definition) is 3. The summed E-state index contributed by atoms with van der Waals surface area (Å²) in [6.45, 7) is 0. The Morgan fingerprint density at radius 2 is 2.17 bits per heavy atom. The summed E-state index contributed by atoms with van der Waals surface area (Å²) >= 11 is 0. The van der Waals surface area contributed by atoms with Crippen LogP contribution in [-0.2, 0) is 4.79 Å². The highest BCUT2D eigenvalue weighted by Gasteiger charge is 2.33. The smallest absolute Gasteiger partial charge is 0.309 e. The van der Waals surface area contributed by atoms with Crippen LogP contribution in [0.1, 0.15) is 19.3 Å². The molecule has 1 aliphatic rings. The first-order valence-electron chi connectivity index (χ1n) is 3.92. The molecule has 1 saturated carbocycles. The SMILES string of the molecule is N=NC1CCC(O)C(C(=O)O)C1. The minimum Gasteiger partial charge on any atom is -0.481 e. The number of aliphatic carboxylic acids is 1. The Morgan fingerprint density at radius 1 is 1.50 bits per heavy atom. The zero-order valence-electron chi connectivity index (χ0n) is 6.60. The van der Waals surface area contributed by atoms with Gasteiger partial charge in [0.05, 0.1) is 18.1 Å². The molecule has 3 N–H and O–H groups in total. The van der Waals surface area contributed by atoms with E-state index in [0.29, 0.717) is 19.3 Å². The molecule has 0 aromatic rings. The number of carbonyl (C=O) groups is 1. The molecule has 0 heterocycles. The van der Waals surface area contributed by atoms with Crippen molar-refractivity contribution in [3.05, 3.63) is 0 Å². The number of hydrogen-bond acceptors (Lipinski definition) is 4. The van der Waals surface area contributed by atoms with Crippen molar-refractivity contribution < 1.29 is 15.0 Å².